The van der Waals surface area contributed by atoms with Crippen molar-refractivity contribution < 1.29 is 22.0 Å². The van der Waals surface area contributed by atoms with Gasteiger partial charge < -0.3 is 10.2 Å². The summed E-state index contributed by atoms with van der Waals surface area (Å²) < 4.78 is 59.1. The summed E-state index contributed by atoms with van der Waals surface area (Å²) in [5.41, 5.74) is 6.24. The Morgan fingerprint density at radius 3 is 2.52 bits per heavy atom. The van der Waals surface area contributed by atoms with E-state index in [-0.39, 0.29) is 29.4 Å². The molecule has 0 unspecified atom stereocenters. The van der Waals surface area contributed by atoms with Gasteiger partial charge in [0.2, 0.25) is 17.7 Å². The maximum absolute atomic E-state index is 14.6. The molecule has 0 amide bonds. The number of rotatable bonds is 5. The average Bonchev–Trinajstić information content (AvgIpc) is 3.46. The number of nitrogens with two attached hydrogens (primary N) is 1. The molecule has 33 heavy (non-hydrogen) atoms. The van der Waals surface area contributed by atoms with E-state index in [0.29, 0.717) is 16.5 Å². The van der Waals surface area contributed by atoms with Crippen LogP contribution in [0.4, 0.5) is 23.5 Å². The fourth-order valence-electron chi connectivity index (χ4n) is 3.07. The maximum Gasteiger partial charge on any atom is 0.314 e. The minimum absolute atomic E-state index is 0.142. The number of fused-ring (bicyclic) bond motifs is 1. The highest BCUT2D eigenvalue weighted by Crippen LogP contribution is 2.27. The smallest absolute Gasteiger partial charge is 0.314 e. The van der Waals surface area contributed by atoms with Crippen LogP contribution in [0.1, 0.15) is 17.9 Å². The van der Waals surface area contributed by atoms with Gasteiger partial charge in [-0.05, 0) is 35.5 Å². The Kier molecular flexibility index (Phi) is 4.88. The van der Waals surface area contributed by atoms with Crippen LogP contribution in [0, 0.1) is 11.6 Å². The molecule has 0 aliphatic carbocycles. The van der Waals surface area contributed by atoms with Gasteiger partial charge in [-0.15, -0.1) is 20.4 Å². The van der Waals surface area contributed by atoms with Crippen molar-refractivity contribution in [1.29, 1.82) is 0 Å². The number of alkyl halides is 2. The molecule has 0 aliphatic heterocycles. The fourth-order valence-corrected chi connectivity index (χ4v) is 3.07. The molecule has 2 N–H and O–H groups in total. The number of tetrazole rings is 1. The molecule has 0 spiro atoms. The Morgan fingerprint density at radius 1 is 1.00 bits per heavy atom. The standard InChI is InChI=1S/C19H11F4N9O/c20-12-4-9(17-28-29-18(33-17)15(22)23)5-13(21)11(12)7-32-30-16(27-31-32)8-1-2-14-10(3-8)6-25-19(24)26-14/h1-6,15H,7H2,(H2,24,25,26). The zero-order valence-corrected chi connectivity index (χ0v) is 16.3. The number of nitrogens with zero attached hydrogens (tertiary/aromatic N) is 8. The molecule has 0 atom stereocenters. The predicted octanol–water partition coefficient (Wildman–Crippen LogP) is 3.18. The topological polar surface area (TPSA) is 134 Å². The van der Waals surface area contributed by atoms with Gasteiger partial charge in [-0.2, -0.15) is 13.6 Å². The van der Waals surface area contributed by atoms with E-state index in [4.69, 9.17) is 10.2 Å². The summed E-state index contributed by atoms with van der Waals surface area (Å²) in [5.74, 6) is -2.96. The number of halogens is 4. The lowest BCUT2D eigenvalue weighted by Gasteiger charge is -2.05. The van der Waals surface area contributed by atoms with Crippen LogP contribution in [0.25, 0.3) is 33.7 Å². The van der Waals surface area contributed by atoms with Gasteiger partial charge in [-0.1, -0.05) is 0 Å². The number of nitrogen functional groups attached to an aromatic ring is 1. The molecule has 5 aromatic rings. The molecule has 0 bridgehead atoms. The van der Waals surface area contributed by atoms with Crippen LogP contribution in [0.2, 0.25) is 0 Å². The van der Waals surface area contributed by atoms with Crippen LogP contribution < -0.4 is 5.73 Å². The van der Waals surface area contributed by atoms with Gasteiger partial charge in [-0.25, -0.2) is 18.7 Å². The van der Waals surface area contributed by atoms with E-state index in [1.165, 1.54) is 0 Å². The van der Waals surface area contributed by atoms with Crippen molar-refractivity contribution in [3.8, 4) is 22.8 Å². The lowest BCUT2D eigenvalue weighted by Crippen LogP contribution is -2.08. The molecular formula is C19H11F4N9O. The van der Waals surface area contributed by atoms with Crippen LogP contribution in [-0.4, -0.2) is 40.4 Å². The molecule has 10 nitrogen and oxygen atoms in total. The summed E-state index contributed by atoms with van der Waals surface area (Å²) in [7, 11) is 0. The summed E-state index contributed by atoms with van der Waals surface area (Å²) >= 11 is 0. The van der Waals surface area contributed by atoms with E-state index in [0.717, 1.165) is 16.9 Å². The van der Waals surface area contributed by atoms with Gasteiger partial charge >= 0.3 is 6.43 Å². The quantitative estimate of drug-likeness (QED) is 0.395. The Labute approximate surface area is 181 Å². The van der Waals surface area contributed by atoms with Crippen LogP contribution in [-0.2, 0) is 6.54 Å². The molecule has 2 aromatic carbocycles. The predicted molar refractivity (Wildman–Crippen MR) is 104 cm³/mol. The van der Waals surface area contributed by atoms with Crippen molar-refractivity contribution in [2.24, 2.45) is 0 Å². The first-order chi connectivity index (χ1) is 15.9. The highest BCUT2D eigenvalue weighted by atomic mass is 19.3. The molecule has 0 saturated heterocycles. The third-order valence-electron chi connectivity index (χ3n) is 4.62. The molecule has 0 radical (unpaired) electrons. The average molecular weight is 457 g/mol. The molecule has 166 valence electrons. The van der Waals surface area contributed by atoms with Crippen molar-refractivity contribution in [3.05, 3.63) is 59.6 Å². The summed E-state index contributed by atoms with van der Waals surface area (Å²) in [6.07, 6.45) is -1.45. The molecular weight excluding hydrogens is 446 g/mol. The summed E-state index contributed by atoms with van der Waals surface area (Å²) in [5, 5.41) is 19.1. The largest absolute Gasteiger partial charge is 0.415 e. The lowest BCUT2D eigenvalue weighted by molar-refractivity contribution is 0.116. The third-order valence-corrected chi connectivity index (χ3v) is 4.62. The SMILES string of the molecule is Nc1ncc2cc(-c3nnn(Cc4c(F)cc(-c5nnc(C(F)F)o5)cc4F)n3)ccc2n1. The molecule has 0 aliphatic rings. The van der Waals surface area contributed by atoms with Crippen LogP contribution >= 0.6 is 0 Å². The summed E-state index contributed by atoms with van der Waals surface area (Å²) in [4.78, 5) is 9.05. The van der Waals surface area contributed by atoms with E-state index in [1.807, 2.05) is 0 Å². The maximum atomic E-state index is 14.6. The molecule has 0 saturated carbocycles. The second-order valence-electron chi connectivity index (χ2n) is 6.81. The molecule has 3 heterocycles. The lowest BCUT2D eigenvalue weighted by atomic mass is 10.1. The number of hydrogen-bond acceptors (Lipinski definition) is 9. The number of anilines is 1. The van der Waals surface area contributed by atoms with Crippen molar-refractivity contribution in [1.82, 2.24) is 40.4 Å². The van der Waals surface area contributed by atoms with E-state index < -0.39 is 29.8 Å². The van der Waals surface area contributed by atoms with Crippen molar-refractivity contribution in [3.63, 3.8) is 0 Å². The Hall–Kier alpha value is -4.49. The monoisotopic (exact) mass is 457 g/mol. The Morgan fingerprint density at radius 2 is 1.79 bits per heavy atom. The van der Waals surface area contributed by atoms with Crippen molar-refractivity contribution in [2.45, 2.75) is 13.0 Å². The van der Waals surface area contributed by atoms with E-state index in [1.54, 1.807) is 24.4 Å². The molecule has 3 aromatic heterocycles. The zero-order valence-electron chi connectivity index (χ0n) is 16.3. The second kappa shape index (κ2) is 7.89. The Bertz CT molecular complexity index is 1460. The van der Waals surface area contributed by atoms with Crippen LogP contribution in [0.5, 0.6) is 0 Å². The van der Waals surface area contributed by atoms with Crippen LogP contribution in [0.15, 0.2) is 40.9 Å². The van der Waals surface area contributed by atoms with E-state index >= 15 is 0 Å². The zero-order chi connectivity index (χ0) is 23.1. The van der Waals surface area contributed by atoms with Gasteiger partial charge in [0.1, 0.15) is 11.6 Å². The first-order valence-corrected chi connectivity index (χ1v) is 9.27. The van der Waals surface area contributed by atoms with Crippen LogP contribution in [0.3, 0.4) is 0 Å². The fraction of sp³-hybridized carbons (Fsp3) is 0.105. The van der Waals surface area contributed by atoms with Gasteiger partial charge in [-0.3, -0.25) is 0 Å². The highest BCUT2D eigenvalue weighted by molar-refractivity contribution is 5.83. The number of hydrogen-bond donors (Lipinski definition) is 1. The highest BCUT2D eigenvalue weighted by Gasteiger charge is 2.20. The first-order valence-electron chi connectivity index (χ1n) is 9.27. The number of benzene rings is 2. The summed E-state index contributed by atoms with van der Waals surface area (Å²) in [6.45, 7) is -0.371. The molecule has 14 heteroatoms. The van der Waals surface area contributed by atoms with E-state index in [2.05, 4.69) is 35.6 Å². The Balaban J connectivity index is 1.40. The minimum Gasteiger partial charge on any atom is -0.415 e. The van der Waals surface area contributed by atoms with Gasteiger partial charge in [0.15, 0.2) is 0 Å². The third kappa shape index (κ3) is 3.93. The normalized spacial score (nSPS) is 11.5. The summed E-state index contributed by atoms with van der Waals surface area (Å²) in [6, 6.07) is 6.93. The van der Waals surface area contributed by atoms with Crippen molar-refractivity contribution >= 4 is 16.9 Å². The number of aromatic nitrogens is 8. The molecule has 5 rings (SSSR count). The second-order valence-corrected chi connectivity index (χ2v) is 6.81. The van der Waals surface area contributed by atoms with Gasteiger partial charge in [0.05, 0.1) is 12.1 Å². The molecule has 0 fully saturated rings. The van der Waals surface area contributed by atoms with Gasteiger partial charge in [0, 0.05) is 28.3 Å². The van der Waals surface area contributed by atoms with Crippen molar-refractivity contribution in [2.75, 3.05) is 5.73 Å². The van der Waals surface area contributed by atoms with E-state index in [9.17, 15) is 17.6 Å². The minimum atomic E-state index is -3.00. The first kappa shape index (κ1) is 20.4. The van der Waals surface area contributed by atoms with Gasteiger partial charge in [0.25, 0.3) is 5.89 Å².